The minimum absolute atomic E-state index is 0.0424. The SMILES string of the molecule is [2H]C([2H])([2H])N(c1nc(Cc2ccc(C)cc2)nc(N(C([2H])([2H])[2H])C([2H])([2H])[2H])c1CC(=O)OC)C([2H])([2H])[2H]. The van der Waals surface area contributed by atoms with Gasteiger partial charge in [-0.15, -0.1) is 0 Å². The predicted octanol–water partition coefficient (Wildman–Crippen LogP) is 2.22. The number of esters is 1. The maximum absolute atomic E-state index is 12.3. The van der Waals surface area contributed by atoms with Crippen LogP contribution in [0.25, 0.3) is 0 Å². The van der Waals surface area contributed by atoms with E-state index in [2.05, 4.69) is 14.7 Å². The summed E-state index contributed by atoms with van der Waals surface area (Å²) >= 11 is 0. The number of ether oxygens (including phenoxy) is 1. The third kappa shape index (κ3) is 4.68. The van der Waals surface area contributed by atoms with Crippen molar-refractivity contribution in [2.75, 3.05) is 44.8 Å². The zero-order chi connectivity index (χ0) is 28.6. The first-order valence-corrected chi connectivity index (χ1v) is 7.29. The highest BCUT2D eigenvalue weighted by molar-refractivity contribution is 5.77. The molecule has 1 aromatic carbocycles. The molecular weight excluding hydrogens is 316 g/mol. The van der Waals surface area contributed by atoms with Crippen molar-refractivity contribution in [3.8, 4) is 0 Å². The van der Waals surface area contributed by atoms with Crippen LogP contribution >= 0.6 is 0 Å². The Bertz CT molecular complexity index is 1030. The highest BCUT2D eigenvalue weighted by Gasteiger charge is 2.20. The molecule has 2 rings (SSSR count). The molecule has 0 amide bonds. The average molecular weight is 355 g/mol. The minimum Gasteiger partial charge on any atom is -0.469 e. The van der Waals surface area contributed by atoms with Gasteiger partial charge in [-0.25, -0.2) is 9.97 Å². The van der Waals surface area contributed by atoms with Crippen molar-refractivity contribution >= 4 is 17.6 Å². The molecule has 0 bridgehead atoms. The smallest absolute Gasteiger partial charge is 0.310 e. The summed E-state index contributed by atoms with van der Waals surface area (Å²) in [5.74, 6) is -2.98. The molecule has 0 fully saturated rings. The van der Waals surface area contributed by atoms with Gasteiger partial charge < -0.3 is 14.5 Å². The lowest BCUT2D eigenvalue weighted by Crippen LogP contribution is -2.23. The van der Waals surface area contributed by atoms with Crippen LogP contribution in [0, 0.1) is 6.92 Å². The van der Waals surface area contributed by atoms with Gasteiger partial charge in [0.1, 0.15) is 17.5 Å². The van der Waals surface area contributed by atoms with Crippen LogP contribution in [0.4, 0.5) is 11.6 Å². The van der Waals surface area contributed by atoms with E-state index in [0.717, 1.165) is 12.7 Å². The number of methoxy groups -OCH3 is 1. The first-order valence-electron chi connectivity index (χ1n) is 13.3. The number of carbonyl (C=O) groups is 1. The van der Waals surface area contributed by atoms with Gasteiger partial charge in [0, 0.05) is 56.3 Å². The van der Waals surface area contributed by atoms with Gasteiger partial charge in [-0.05, 0) is 12.5 Å². The lowest BCUT2D eigenvalue weighted by atomic mass is 10.1. The first-order chi connectivity index (χ1) is 16.7. The topological polar surface area (TPSA) is 58.6 Å². The molecule has 0 aliphatic rings. The number of aryl methyl sites for hydroxylation is 1. The summed E-state index contributed by atoms with van der Waals surface area (Å²) in [4.78, 5) is 20.4. The highest BCUT2D eigenvalue weighted by Crippen LogP contribution is 2.27. The van der Waals surface area contributed by atoms with Gasteiger partial charge in [0.15, 0.2) is 0 Å². The van der Waals surface area contributed by atoms with Crippen LogP contribution < -0.4 is 9.80 Å². The molecule has 2 aromatic rings. The quantitative estimate of drug-likeness (QED) is 0.742. The Balaban J connectivity index is 3.03. The van der Waals surface area contributed by atoms with Crippen molar-refractivity contribution in [2.45, 2.75) is 19.8 Å². The minimum atomic E-state index is -3.35. The van der Waals surface area contributed by atoms with Gasteiger partial charge in [0.25, 0.3) is 0 Å². The van der Waals surface area contributed by atoms with Crippen molar-refractivity contribution in [1.82, 2.24) is 9.97 Å². The normalized spacial score (nSPS) is 19.6. The standard InChI is InChI=1S/C19H26N4O2/c1-13-7-9-14(10-8-13)11-16-20-18(22(2)3)15(12-17(24)25-6)19(21-16)23(4)5/h7-10H,11-12H2,1-6H3/i2D3,3D3,4D3,5D3. The molecule has 0 aliphatic heterocycles. The highest BCUT2D eigenvalue weighted by atomic mass is 16.5. The molecule has 0 spiro atoms. The van der Waals surface area contributed by atoms with Crippen LogP contribution in [0.5, 0.6) is 0 Å². The number of hydrogen-bond donors (Lipinski definition) is 0. The zero-order valence-electron chi connectivity index (χ0n) is 25.8. The van der Waals surface area contributed by atoms with Gasteiger partial charge in [-0.2, -0.15) is 0 Å². The Morgan fingerprint density at radius 1 is 1.08 bits per heavy atom. The van der Waals surface area contributed by atoms with Gasteiger partial charge in [-0.1, -0.05) is 29.8 Å². The Morgan fingerprint density at radius 3 is 2.12 bits per heavy atom. The van der Waals surface area contributed by atoms with E-state index in [-0.39, 0.29) is 22.0 Å². The van der Waals surface area contributed by atoms with E-state index in [1.54, 1.807) is 24.3 Å². The summed E-state index contributed by atoms with van der Waals surface area (Å²) < 4.78 is 98.6. The van der Waals surface area contributed by atoms with Crippen LogP contribution in [0.15, 0.2) is 24.3 Å². The number of anilines is 2. The summed E-state index contributed by atoms with van der Waals surface area (Å²) in [6.45, 7) is -11.6. The molecule has 0 N–H and O–H groups in total. The van der Waals surface area contributed by atoms with E-state index in [0.29, 0.717) is 5.56 Å². The average Bonchev–Trinajstić information content (AvgIpc) is 2.67. The van der Waals surface area contributed by atoms with Crippen LogP contribution in [0.3, 0.4) is 0 Å². The van der Waals surface area contributed by atoms with Crippen LogP contribution in [-0.4, -0.2) is 51.0 Å². The maximum Gasteiger partial charge on any atom is 0.310 e. The summed E-state index contributed by atoms with van der Waals surface area (Å²) in [5.41, 5.74) is 0.872. The van der Waals surface area contributed by atoms with Crippen LogP contribution in [-0.2, 0) is 22.4 Å². The fourth-order valence-electron chi connectivity index (χ4n) is 2.22. The molecule has 6 nitrogen and oxygen atoms in total. The van der Waals surface area contributed by atoms with Crippen molar-refractivity contribution < 1.29 is 26.0 Å². The Kier molecular flexibility index (Phi) is 2.60. The number of nitrogens with zero attached hydrogens (tertiary/aromatic N) is 4. The summed E-state index contributed by atoms with van der Waals surface area (Å²) in [5, 5.41) is 0. The molecule has 25 heavy (non-hydrogen) atoms. The lowest BCUT2D eigenvalue weighted by molar-refractivity contribution is -0.139. The van der Waals surface area contributed by atoms with Gasteiger partial charge >= 0.3 is 5.97 Å². The molecule has 0 atom stereocenters. The van der Waals surface area contributed by atoms with Crippen molar-refractivity contribution in [3.63, 3.8) is 0 Å². The molecular formula is C19H26N4O2. The molecule has 134 valence electrons. The largest absolute Gasteiger partial charge is 0.469 e. The Labute approximate surface area is 166 Å². The van der Waals surface area contributed by atoms with Crippen molar-refractivity contribution in [2.24, 2.45) is 0 Å². The second-order valence-electron chi connectivity index (χ2n) is 5.35. The first kappa shape index (κ1) is 8.17. The molecule has 0 saturated carbocycles. The van der Waals surface area contributed by atoms with Gasteiger partial charge in [-0.3, -0.25) is 4.79 Å². The molecule has 0 aliphatic carbocycles. The molecule has 0 saturated heterocycles. The van der Waals surface area contributed by atoms with Gasteiger partial charge in [0.05, 0.1) is 13.5 Å². The van der Waals surface area contributed by atoms with E-state index < -0.39 is 57.5 Å². The van der Waals surface area contributed by atoms with Gasteiger partial charge in [0.2, 0.25) is 0 Å². The third-order valence-corrected chi connectivity index (χ3v) is 3.46. The molecule has 0 unspecified atom stereocenters. The summed E-state index contributed by atoms with van der Waals surface area (Å²) in [6, 6.07) is 6.90. The Morgan fingerprint density at radius 2 is 1.64 bits per heavy atom. The molecule has 6 heteroatoms. The molecule has 0 radical (unpaired) electrons. The number of rotatable bonds is 6. The summed E-state index contributed by atoms with van der Waals surface area (Å²) in [7, 11) is 0.991. The number of carbonyl (C=O) groups excluding carboxylic acids is 1. The monoisotopic (exact) mass is 354 g/mol. The van der Waals surface area contributed by atoms with E-state index in [1.165, 1.54) is 0 Å². The van der Waals surface area contributed by atoms with Crippen molar-refractivity contribution in [1.29, 1.82) is 0 Å². The van der Waals surface area contributed by atoms with E-state index in [9.17, 15) is 4.79 Å². The van der Waals surface area contributed by atoms with E-state index in [4.69, 9.17) is 16.4 Å². The molecule has 1 heterocycles. The second-order valence-corrected chi connectivity index (χ2v) is 5.35. The van der Waals surface area contributed by atoms with Crippen LogP contribution in [0.1, 0.15) is 39.0 Å². The lowest BCUT2D eigenvalue weighted by Gasteiger charge is -2.23. The number of aromatic nitrogens is 2. The zero-order valence-corrected chi connectivity index (χ0v) is 13.8. The third-order valence-electron chi connectivity index (χ3n) is 3.46. The molecule has 1 aromatic heterocycles. The maximum atomic E-state index is 12.3. The summed E-state index contributed by atoms with van der Waals surface area (Å²) in [6.07, 6.45) is -1.04. The predicted molar refractivity (Wildman–Crippen MR) is 100 cm³/mol. The van der Waals surface area contributed by atoms with Crippen LogP contribution in [0.2, 0.25) is 0 Å². The fraction of sp³-hybridized carbons (Fsp3) is 0.421. The number of benzene rings is 1. The van der Waals surface area contributed by atoms with E-state index >= 15 is 0 Å². The van der Waals surface area contributed by atoms with Crippen molar-refractivity contribution in [3.05, 3.63) is 46.8 Å². The fourth-order valence-corrected chi connectivity index (χ4v) is 2.22. The Hall–Kier alpha value is -2.63. The van der Waals surface area contributed by atoms with E-state index in [1.807, 2.05) is 6.92 Å². The number of hydrogen-bond acceptors (Lipinski definition) is 6. The second kappa shape index (κ2) is 7.96.